The number of hydrogen-bond donors (Lipinski definition) is 1. The van der Waals surface area contributed by atoms with E-state index in [1.54, 1.807) is 0 Å². The van der Waals surface area contributed by atoms with Crippen LogP contribution in [0.4, 0.5) is 0 Å². The third-order valence-electron chi connectivity index (χ3n) is 4.47. The van der Waals surface area contributed by atoms with Gasteiger partial charge in [-0.3, -0.25) is 0 Å². The van der Waals surface area contributed by atoms with Crippen molar-refractivity contribution in [2.75, 3.05) is 46.9 Å². The van der Waals surface area contributed by atoms with Crippen LogP contribution in [0.25, 0.3) is 0 Å². The highest BCUT2D eigenvalue weighted by Crippen LogP contribution is 2.38. The second kappa shape index (κ2) is 6.73. The maximum atomic E-state index is 5.91. The molecule has 2 aliphatic heterocycles. The molecule has 2 atom stereocenters. The van der Waals surface area contributed by atoms with Gasteiger partial charge in [-0.15, -0.1) is 0 Å². The van der Waals surface area contributed by atoms with E-state index < -0.39 is 0 Å². The summed E-state index contributed by atoms with van der Waals surface area (Å²) in [6, 6.07) is 0. The van der Waals surface area contributed by atoms with Crippen LogP contribution in [0.2, 0.25) is 0 Å². The third kappa shape index (κ3) is 4.69. The number of rotatable bonds is 6. The van der Waals surface area contributed by atoms with Crippen molar-refractivity contribution in [1.29, 1.82) is 0 Å². The van der Waals surface area contributed by atoms with Crippen LogP contribution in [-0.4, -0.2) is 63.5 Å². The lowest BCUT2D eigenvalue weighted by molar-refractivity contribution is -0.109. The predicted molar refractivity (Wildman–Crippen MR) is 82.1 cm³/mol. The lowest BCUT2D eigenvalue weighted by Gasteiger charge is -2.46. The van der Waals surface area contributed by atoms with Crippen LogP contribution in [0, 0.1) is 5.41 Å². The summed E-state index contributed by atoms with van der Waals surface area (Å²) in [6.45, 7) is 9.44. The molecule has 0 aromatic carbocycles. The van der Waals surface area contributed by atoms with Crippen LogP contribution in [0.5, 0.6) is 0 Å². The van der Waals surface area contributed by atoms with E-state index in [2.05, 4.69) is 38.2 Å². The molecule has 0 radical (unpaired) electrons. The topological polar surface area (TPSA) is 33.7 Å². The lowest BCUT2D eigenvalue weighted by atomic mass is 9.73. The molecule has 0 aromatic heterocycles. The number of hydrogen-bond acceptors (Lipinski definition) is 4. The van der Waals surface area contributed by atoms with Crippen molar-refractivity contribution in [1.82, 2.24) is 10.2 Å². The Kier molecular flexibility index (Phi) is 5.46. The Morgan fingerprint density at radius 2 is 2.05 bits per heavy atom. The minimum atomic E-state index is -0.000200. The summed E-state index contributed by atoms with van der Waals surface area (Å²) in [5.74, 6) is 0. The first-order valence-electron chi connectivity index (χ1n) is 8.02. The Hall–Kier alpha value is -0.160. The minimum Gasteiger partial charge on any atom is -0.377 e. The van der Waals surface area contributed by atoms with Gasteiger partial charge in [0.05, 0.1) is 11.7 Å². The normalized spacial score (nSPS) is 33.8. The van der Waals surface area contributed by atoms with Crippen molar-refractivity contribution < 1.29 is 9.47 Å². The van der Waals surface area contributed by atoms with Crippen LogP contribution in [-0.2, 0) is 9.47 Å². The van der Waals surface area contributed by atoms with E-state index in [1.807, 2.05) is 0 Å². The number of ether oxygens (including phenoxy) is 2. The fourth-order valence-corrected chi connectivity index (χ4v) is 3.90. The van der Waals surface area contributed by atoms with Crippen LogP contribution >= 0.6 is 0 Å². The molecule has 0 spiro atoms. The van der Waals surface area contributed by atoms with Gasteiger partial charge in [0.1, 0.15) is 0 Å². The standard InChI is InChI=1S/C16H32N2O2/c1-15(2)11-16(7-9-20-15,13-18(3)4)12-17-10-14-6-5-8-19-14/h14,17H,5-13H2,1-4H3/t14-,16+/m0/s1. The van der Waals surface area contributed by atoms with Gasteiger partial charge in [-0.25, -0.2) is 0 Å². The van der Waals surface area contributed by atoms with Crippen molar-refractivity contribution in [3.05, 3.63) is 0 Å². The molecule has 0 amide bonds. The van der Waals surface area contributed by atoms with Gasteiger partial charge < -0.3 is 19.7 Å². The number of nitrogens with one attached hydrogen (secondary N) is 1. The Balaban J connectivity index is 1.88. The average Bonchev–Trinajstić information content (AvgIpc) is 2.79. The zero-order valence-corrected chi connectivity index (χ0v) is 13.7. The molecule has 0 saturated carbocycles. The first-order valence-corrected chi connectivity index (χ1v) is 8.02. The van der Waals surface area contributed by atoms with Gasteiger partial charge in [0.2, 0.25) is 0 Å². The molecule has 1 N–H and O–H groups in total. The molecule has 2 fully saturated rings. The molecule has 2 rings (SSSR count). The summed E-state index contributed by atoms with van der Waals surface area (Å²) in [4.78, 5) is 2.31. The van der Waals surface area contributed by atoms with Crippen molar-refractivity contribution in [2.45, 2.75) is 51.2 Å². The van der Waals surface area contributed by atoms with Gasteiger partial charge in [-0.05, 0) is 53.6 Å². The highest BCUT2D eigenvalue weighted by atomic mass is 16.5. The second-order valence-corrected chi connectivity index (χ2v) is 7.54. The summed E-state index contributed by atoms with van der Waals surface area (Å²) >= 11 is 0. The molecule has 4 heteroatoms. The smallest absolute Gasteiger partial charge is 0.0700 e. The number of nitrogens with zero attached hydrogens (tertiary/aromatic N) is 1. The van der Waals surface area contributed by atoms with Crippen LogP contribution in [0.15, 0.2) is 0 Å². The first-order chi connectivity index (χ1) is 9.41. The second-order valence-electron chi connectivity index (χ2n) is 7.54. The minimum absolute atomic E-state index is 0.000200. The molecule has 2 saturated heterocycles. The summed E-state index contributed by atoms with van der Waals surface area (Å²) in [7, 11) is 4.34. The van der Waals surface area contributed by atoms with Gasteiger partial charge >= 0.3 is 0 Å². The van der Waals surface area contributed by atoms with E-state index in [9.17, 15) is 0 Å². The van der Waals surface area contributed by atoms with Gasteiger partial charge in [0, 0.05) is 38.3 Å². The van der Waals surface area contributed by atoms with E-state index in [-0.39, 0.29) is 5.60 Å². The molecule has 0 unspecified atom stereocenters. The van der Waals surface area contributed by atoms with Crippen molar-refractivity contribution in [3.63, 3.8) is 0 Å². The zero-order chi connectivity index (χ0) is 14.6. The monoisotopic (exact) mass is 284 g/mol. The average molecular weight is 284 g/mol. The molecule has 4 nitrogen and oxygen atoms in total. The molecule has 0 bridgehead atoms. The van der Waals surface area contributed by atoms with E-state index in [4.69, 9.17) is 9.47 Å². The zero-order valence-electron chi connectivity index (χ0n) is 13.7. The Morgan fingerprint density at radius 1 is 1.25 bits per heavy atom. The van der Waals surface area contributed by atoms with Gasteiger partial charge in [-0.1, -0.05) is 0 Å². The largest absolute Gasteiger partial charge is 0.377 e. The molecule has 20 heavy (non-hydrogen) atoms. The summed E-state index contributed by atoms with van der Waals surface area (Å²) in [5, 5.41) is 3.67. The molecule has 0 aromatic rings. The summed E-state index contributed by atoms with van der Waals surface area (Å²) in [6.07, 6.45) is 5.13. The van der Waals surface area contributed by atoms with Gasteiger partial charge in [0.15, 0.2) is 0 Å². The van der Waals surface area contributed by atoms with Crippen LogP contribution in [0.3, 0.4) is 0 Å². The van der Waals surface area contributed by atoms with E-state index >= 15 is 0 Å². The molecular weight excluding hydrogens is 252 g/mol. The quantitative estimate of drug-likeness (QED) is 0.807. The summed E-state index contributed by atoms with van der Waals surface area (Å²) in [5.41, 5.74) is 0.323. The molecule has 2 heterocycles. The Bertz CT molecular complexity index is 301. The molecule has 2 aliphatic rings. The van der Waals surface area contributed by atoms with Gasteiger partial charge in [-0.2, -0.15) is 0 Å². The van der Waals surface area contributed by atoms with E-state index in [1.165, 1.54) is 12.8 Å². The molecular formula is C16H32N2O2. The Morgan fingerprint density at radius 3 is 2.65 bits per heavy atom. The van der Waals surface area contributed by atoms with Gasteiger partial charge in [0.25, 0.3) is 0 Å². The van der Waals surface area contributed by atoms with Crippen LogP contribution < -0.4 is 5.32 Å². The van der Waals surface area contributed by atoms with Crippen molar-refractivity contribution >= 4 is 0 Å². The fourth-order valence-electron chi connectivity index (χ4n) is 3.90. The third-order valence-corrected chi connectivity index (χ3v) is 4.47. The maximum Gasteiger partial charge on any atom is 0.0700 e. The predicted octanol–water partition coefficient (Wildman–Crippen LogP) is 1.89. The highest BCUT2D eigenvalue weighted by Gasteiger charge is 2.41. The Labute approximate surface area is 124 Å². The lowest BCUT2D eigenvalue weighted by Crippen LogP contribution is -2.51. The first kappa shape index (κ1) is 16.2. The van der Waals surface area contributed by atoms with E-state index in [0.29, 0.717) is 11.5 Å². The van der Waals surface area contributed by atoms with E-state index in [0.717, 1.165) is 45.7 Å². The van der Waals surface area contributed by atoms with Crippen LogP contribution in [0.1, 0.15) is 39.5 Å². The highest BCUT2D eigenvalue weighted by molar-refractivity contribution is 4.93. The fraction of sp³-hybridized carbons (Fsp3) is 1.00. The van der Waals surface area contributed by atoms with Crippen molar-refractivity contribution in [3.8, 4) is 0 Å². The summed E-state index contributed by atoms with van der Waals surface area (Å²) < 4.78 is 11.6. The molecule has 0 aliphatic carbocycles. The maximum absolute atomic E-state index is 5.91. The van der Waals surface area contributed by atoms with Crippen molar-refractivity contribution in [2.24, 2.45) is 5.41 Å². The SMILES string of the molecule is CN(C)C[C@]1(CNC[C@@H]2CCCO2)CCOC(C)(C)C1. The molecule has 118 valence electrons.